The Bertz CT molecular complexity index is 298. The van der Waals surface area contributed by atoms with Gasteiger partial charge in [0.25, 0.3) is 0 Å². The standard InChI is InChI=1S/C5H7BrN4O2/c1-12-3(11)2-10-4(6)8-5(7)9-10/h2H2,1H3,(H2,7,9). The van der Waals surface area contributed by atoms with E-state index in [1.54, 1.807) is 0 Å². The number of ether oxygens (including phenoxy) is 1. The van der Waals surface area contributed by atoms with Gasteiger partial charge >= 0.3 is 5.97 Å². The van der Waals surface area contributed by atoms with Gasteiger partial charge in [-0.2, -0.15) is 4.98 Å². The van der Waals surface area contributed by atoms with Crippen LogP contribution in [0.5, 0.6) is 0 Å². The molecule has 1 aromatic rings. The predicted molar refractivity (Wildman–Crippen MR) is 44.2 cm³/mol. The van der Waals surface area contributed by atoms with Crippen molar-refractivity contribution < 1.29 is 9.53 Å². The highest BCUT2D eigenvalue weighted by molar-refractivity contribution is 9.10. The molecule has 12 heavy (non-hydrogen) atoms. The van der Waals surface area contributed by atoms with Crippen molar-refractivity contribution in [2.24, 2.45) is 0 Å². The first-order valence-corrected chi connectivity index (χ1v) is 3.85. The number of rotatable bonds is 2. The lowest BCUT2D eigenvalue weighted by atomic mass is 10.7. The van der Waals surface area contributed by atoms with E-state index in [-0.39, 0.29) is 12.5 Å². The number of aromatic nitrogens is 3. The second-order valence-corrected chi connectivity index (χ2v) is 2.68. The molecule has 0 unspecified atom stereocenters. The Morgan fingerprint density at radius 1 is 1.83 bits per heavy atom. The molecule has 0 aliphatic heterocycles. The van der Waals surface area contributed by atoms with Crippen molar-refractivity contribution in [2.75, 3.05) is 12.8 Å². The van der Waals surface area contributed by atoms with E-state index in [1.807, 2.05) is 0 Å². The maximum Gasteiger partial charge on any atom is 0.327 e. The van der Waals surface area contributed by atoms with Gasteiger partial charge in [0.1, 0.15) is 6.54 Å². The summed E-state index contributed by atoms with van der Waals surface area (Å²) in [6.45, 7) is 0.00127. The number of methoxy groups -OCH3 is 1. The molecule has 0 aliphatic rings. The van der Waals surface area contributed by atoms with Gasteiger partial charge in [0.05, 0.1) is 7.11 Å². The number of hydrogen-bond acceptors (Lipinski definition) is 5. The van der Waals surface area contributed by atoms with Crippen molar-refractivity contribution >= 4 is 27.8 Å². The molecular weight excluding hydrogens is 228 g/mol. The number of nitrogens with zero attached hydrogens (tertiary/aromatic N) is 3. The van der Waals surface area contributed by atoms with E-state index in [2.05, 4.69) is 30.7 Å². The zero-order valence-corrected chi connectivity index (χ0v) is 7.91. The summed E-state index contributed by atoms with van der Waals surface area (Å²) in [5.41, 5.74) is 5.27. The molecule has 0 saturated heterocycles. The van der Waals surface area contributed by atoms with Crippen LogP contribution in [0.3, 0.4) is 0 Å². The lowest BCUT2D eigenvalue weighted by Crippen LogP contribution is -2.13. The Kier molecular flexibility index (Phi) is 2.64. The number of halogens is 1. The van der Waals surface area contributed by atoms with Gasteiger partial charge in [-0.05, 0) is 15.9 Å². The first kappa shape index (κ1) is 8.98. The van der Waals surface area contributed by atoms with Crippen LogP contribution in [0.25, 0.3) is 0 Å². The number of hydrogen-bond donors (Lipinski definition) is 1. The molecule has 6 nitrogen and oxygen atoms in total. The molecule has 66 valence electrons. The third-order valence-corrected chi connectivity index (χ3v) is 1.74. The van der Waals surface area contributed by atoms with Crippen molar-refractivity contribution in [1.29, 1.82) is 0 Å². The summed E-state index contributed by atoms with van der Waals surface area (Å²) >= 11 is 3.08. The van der Waals surface area contributed by atoms with Crippen LogP contribution >= 0.6 is 15.9 Å². The monoisotopic (exact) mass is 234 g/mol. The third kappa shape index (κ3) is 1.94. The Labute approximate surface area is 76.8 Å². The minimum Gasteiger partial charge on any atom is -0.468 e. The highest BCUT2D eigenvalue weighted by Crippen LogP contribution is 2.07. The normalized spacial score (nSPS) is 9.83. The van der Waals surface area contributed by atoms with Gasteiger partial charge < -0.3 is 10.5 Å². The molecule has 0 aromatic carbocycles. The SMILES string of the molecule is COC(=O)Cn1nc(N)nc1Br. The Hall–Kier alpha value is -1.11. The molecule has 0 atom stereocenters. The largest absolute Gasteiger partial charge is 0.468 e. The first-order valence-electron chi connectivity index (χ1n) is 3.06. The second kappa shape index (κ2) is 3.53. The lowest BCUT2D eigenvalue weighted by molar-refractivity contribution is -0.141. The quantitative estimate of drug-likeness (QED) is 0.717. The van der Waals surface area contributed by atoms with E-state index < -0.39 is 5.97 Å². The van der Waals surface area contributed by atoms with Gasteiger partial charge in [0, 0.05) is 0 Å². The molecule has 0 fully saturated rings. The number of carbonyl (C=O) groups is 1. The van der Waals surface area contributed by atoms with E-state index in [0.29, 0.717) is 4.73 Å². The second-order valence-electron chi connectivity index (χ2n) is 1.97. The van der Waals surface area contributed by atoms with Crippen LogP contribution in [0.15, 0.2) is 4.73 Å². The third-order valence-electron chi connectivity index (χ3n) is 1.15. The van der Waals surface area contributed by atoms with E-state index >= 15 is 0 Å². The molecule has 0 amide bonds. The number of nitrogen functional groups attached to an aromatic ring is 1. The van der Waals surface area contributed by atoms with E-state index in [0.717, 1.165) is 0 Å². The summed E-state index contributed by atoms with van der Waals surface area (Å²) in [6, 6.07) is 0. The van der Waals surface area contributed by atoms with Gasteiger partial charge in [-0.3, -0.25) is 4.79 Å². The Morgan fingerprint density at radius 2 is 2.50 bits per heavy atom. The smallest absolute Gasteiger partial charge is 0.327 e. The molecule has 0 bridgehead atoms. The van der Waals surface area contributed by atoms with Crippen molar-refractivity contribution in [3.8, 4) is 0 Å². The van der Waals surface area contributed by atoms with Gasteiger partial charge in [-0.15, -0.1) is 5.10 Å². The zero-order chi connectivity index (χ0) is 9.14. The lowest BCUT2D eigenvalue weighted by Gasteiger charge is -1.98. The van der Waals surface area contributed by atoms with Gasteiger partial charge in [0.15, 0.2) is 4.73 Å². The summed E-state index contributed by atoms with van der Waals surface area (Å²) < 4.78 is 6.14. The maximum atomic E-state index is 10.8. The molecule has 7 heteroatoms. The first-order chi connectivity index (χ1) is 5.63. The fraction of sp³-hybridized carbons (Fsp3) is 0.400. The molecule has 0 radical (unpaired) electrons. The van der Waals surface area contributed by atoms with Gasteiger partial charge in [-0.1, -0.05) is 0 Å². The van der Waals surface area contributed by atoms with E-state index in [9.17, 15) is 4.79 Å². The summed E-state index contributed by atoms with van der Waals surface area (Å²) in [4.78, 5) is 14.5. The molecule has 0 spiro atoms. The van der Waals surface area contributed by atoms with Crippen LogP contribution in [0, 0.1) is 0 Å². The van der Waals surface area contributed by atoms with Crippen LogP contribution in [-0.4, -0.2) is 27.8 Å². The highest BCUT2D eigenvalue weighted by Gasteiger charge is 2.08. The zero-order valence-electron chi connectivity index (χ0n) is 6.32. The number of nitrogens with two attached hydrogens (primary N) is 1. The maximum absolute atomic E-state index is 10.8. The van der Waals surface area contributed by atoms with Crippen molar-refractivity contribution in [3.05, 3.63) is 4.73 Å². The molecule has 2 N–H and O–H groups in total. The molecule has 1 heterocycles. The number of anilines is 1. The van der Waals surface area contributed by atoms with Crippen molar-refractivity contribution in [2.45, 2.75) is 6.54 Å². The van der Waals surface area contributed by atoms with Crippen LogP contribution in [0.2, 0.25) is 0 Å². The average molecular weight is 235 g/mol. The molecule has 0 aliphatic carbocycles. The Balaban J connectivity index is 2.75. The minimum absolute atomic E-state index is 0.00127. The average Bonchev–Trinajstić information content (AvgIpc) is 2.30. The van der Waals surface area contributed by atoms with Crippen LogP contribution in [0.1, 0.15) is 0 Å². The fourth-order valence-electron chi connectivity index (χ4n) is 0.627. The minimum atomic E-state index is -0.402. The number of carbonyl (C=O) groups excluding carboxylic acids is 1. The molecular formula is C5H7BrN4O2. The summed E-state index contributed by atoms with van der Waals surface area (Å²) in [6.07, 6.45) is 0. The van der Waals surface area contributed by atoms with Gasteiger partial charge in [-0.25, -0.2) is 4.68 Å². The van der Waals surface area contributed by atoms with Crippen LogP contribution < -0.4 is 5.73 Å². The summed E-state index contributed by atoms with van der Waals surface area (Å²) in [7, 11) is 1.30. The van der Waals surface area contributed by atoms with Gasteiger partial charge in [0.2, 0.25) is 5.95 Å². The number of esters is 1. The summed E-state index contributed by atoms with van der Waals surface area (Å²) in [5.74, 6) is -0.286. The fourth-order valence-corrected chi connectivity index (χ4v) is 1.01. The predicted octanol–water partition coefficient (Wildman–Crippen LogP) is -0.204. The van der Waals surface area contributed by atoms with Crippen molar-refractivity contribution in [1.82, 2.24) is 14.8 Å². The molecule has 1 aromatic heterocycles. The van der Waals surface area contributed by atoms with Crippen LogP contribution in [0.4, 0.5) is 5.95 Å². The topological polar surface area (TPSA) is 83.0 Å². The van der Waals surface area contributed by atoms with E-state index in [1.165, 1.54) is 11.8 Å². The molecule has 1 rings (SSSR count). The summed E-state index contributed by atoms with van der Waals surface area (Å²) in [5, 5.41) is 3.73. The molecule has 0 saturated carbocycles. The Morgan fingerprint density at radius 3 is 2.92 bits per heavy atom. The highest BCUT2D eigenvalue weighted by atomic mass is 79.9. The van der Waals surface area contributed by atoms with Crippen LogP contribution in [-0.2, 0) is 16.1 Å². The van der Waals surface area contributed by atoms with E-state index in [4.69, 9.17) is 5.73 Å². The van der Waals surface area contributed by atoms with Crippen molar-refractivity contribution in [3.63, 3.8) is 0 Å².